The summed E-state index contributed by atoms with van der Waals surface area (Å²) in [4.78, 5) is 14.9. The second-order valence-corrected chi connectivity index (χ2v) is 6.71. The number of fused-ring (bicyclic) bond motifs is 1. The molecule has 4 rings (SSSR count). The third kappa shape index (κ3) is 3.09. The number of hydrogen-bond donors (Lipinski definition) is 0. The molecule has 1 aliphatic carbocycles. The van der Waals surface area contributed by atoms with Gasteiger partial charge in [0.2, 0.25) is 0 Å². The highest BCUT2D eigenvalue weighted by Crippen LogP contribution is 2.25. The second-order valence-electron chi connectivity index (χ2n) is 6.71. The molecule has 1 amide bonds. The van der Waals surface area contributed by atoms with Crippen molar-refractivity contribution in [2.24, 2.45) is 0 Å². The van der Waals surface area contributed by atoms with Crippen LogP contribution < -0.4 is 0 Å². The fourth-order valence-electron chi connectivity index (χ4n) is 3.75. The van der Waals surface area contributed by atoms with E-state index in [1.165, 1.54) is 24.0 Å². The Labute approximate surface area is 143 Å². The highest BCUT2D eigenvalue weighted by atomic mass is 16.5. The number of nitrogens with zero attached hydrogens (tertiary/aromatic N) is 1. The van der Waals surface area contributed by atoms with Gasteiger partial charge < -0.3 is 9.64 Å². The van der Waals surface area contributed by atoms with Crippen LogP contribution in [0.3, 0.4) is 0 Å². The van der Waals surface area contributed by atoms with Gasteiger partial charge in [0.1, 0.15) is 6.10 Å². The van der Waals surface area contributed by atoms with Crippen molar-refractivity contribution in [1.82, 2.24) is 4.90 Å². The lowest BCUT2D eigenvalue weighted by molar-refractivity contribution is -0.0228. The van der Waals surface area contributed by atoms with Gasteiger partial charge in [-0.05, 0) is 54.5 Å². The number of benzene rings is 2. The second kappa shape index (κ2) is 6.78. The van der Waals surface area contributed by atoms with E-state index in [9.17, 15) is 4.79 Å². The van der Waals surface area contributed by atoms with Crippen LogP contribution in [0.25, 0.3) is 0 Å². The van der Waals surface area contributed by atoms with Gasteiger partial charge in [-0.2, -0.15) is 0 Å². The first-order chi connectivity index (χ1) is 11.8. The monoisotopic (exact) mass is 321 g/mol. The Morgan fingerprint density at radius 1 is 1.00 bits per heavy atom. The van der Waals surface area contributed by atoms with Crippen molar-refractivity contribution in [3.63, 3.8) is 0 Å². The van der Waals surface area contributed by atoms with Gasteiger partial charge in [-0.15, -0.1) is 0 Å². The lowest BCUT2D eigenvalue weighted by Crippen LogP contribution is -2.42. The van der Waals surface area contributed by atoms with Crippen LogP contribution in [0.4, 0.5) is 0 Å². The lowest BCUT2D eigenvalue weighted by Gasteiger charge is -2.33. The van der Waals surface area contributed by atoms with Gasteiger partial charge in [-0.3, -0.25) is 4.79 Å². The molecule has 24 heavy (non-hydrogen) atoms. The fraction of sp³-hybridized carbons (Fsp3) is 0.381. The predicted molar refractivity (Wildman–Crippen MR) is 94.1 cm³/mol. The molecule has 3 heteroatoms. The lowest BCUT2D eigenvalue weighted by atomic mass is 9.90. The first kappa shape index (κ1) is 15.4. The van der Waals surface area contributed by atoms with Gasteiger partial charge in [-0.25, -0.2) is 0 Å². The maximum atomic E-state index is 12.9. The zero-order valence-corrected chi connectivity index (χ0v) is 13.9. The Morgan fingerprint density at radius 3 is 2.62 bits per heavy atom. The maximum Gasteiger partial charge on any atom is 0.254 e. The Kier molecular flexibility index (Phi) is 4.35. The Hall–Kier alpha value is -2.13. The highest BCUT2D eigenvalue weighted by molar-refractivity contribution is 5.94. The molecule has 0 radical (unpaired) electrons. The van der Waals surface area contributed by atoms with Crippen molar-refractivity contribution in [1.29, 1.82) is 0 Å². The number of ether oxygens (including phenoxy) is 1. The number of amides is 1. The van der Waals surface area contributed by atoms with Gasteiger partial charge in [0.25, 0.3) is 5.91 Å². The summed E-state index contributed by atoms with van der Waals surface area (Å²) in [6.45, 7) is 1.88. The van der Waals surface area contributed by atoms with E-state index in [4.69, 9.17) is 4.74 Å². The molecule has 124 valence electrons. The van der Waals surface area contributed by atoms with Crippen LogP contribution in [-0.2, 0) is 17.6 Å². The molecule has 2 aromatic rings. The van der Waals surface area contributed by atoms with Crippen molar-refractivity contribution in [2.75, 3.05) is 19.7 Å². The minimum absolute atomic E-state index is 0.0264. The summed E-state index contributed by atoms with van der Waals surface area (Å²) >= 11 is 0. The SMILES string of the molecule is O=C(c1ccc2c(c1)CCCC2)N1CCOC(c2ccccc2)C1. The van der Waals surface area contributed by atoms with E-state index in [0.29, 0.717) is 19.7 Å². The van der Waals surface area contributed by atoms with E-state index in [-0.39, 0.29) is 12.0 Å². The van der Waals surface area contributed by atoms with E-state index in [2.05, 4.69) is 24.3 Å². The van der Waals surface area contributed by atoms with E-state index in [0.717, 1.165) is 24.0 Å². The molecule has 0 N–H and O–H groups in total. The van der Waals surface area contributed by atoms with Crippen LogP contribution in [0.15, 0.2) is 48.5 Å². The zero-order valence-electron chi connectivity index (χ0n) is 13.9. The molecule has 1 atom stereocenters. The van der Waals surface area contributed by atoms with E-state index in [1.807, 2.05) is 29.2 Å². The van der Waals surface area contributed by atoms with Gasteiger partial charge in [0, 0.05) is 12.1 Å². The quantitative estimate of drug-likeness (QED) is 0.842. The Bertz CT molecular complexity index is 726. The summed E-state index contributed by atoms with van der Waals surface area (Å²) in [6.07, 6.45) is 4.73. The van der Waals surface area contributed by atoms with E-state index < -0.39 is 0 Å². The number of rotatable bonds is 2. The average Bonchev–Trinajstić information content (AvgIpc) is 2.68. The van der Waals surface area contributed by atoms with Crippen molar-refractivity contribution in [3.8, 4) is 0 Å². The third-order valence-electron chi connectivity index (χ3n) is 5.12. The van der Waals surface area contributed by atoms with Crippen LogP contribution in [0, 0.1) is 0 Å². The minimum Gasteiger partial charge on any atom is -0.370 e. The Balaban J connectivity index is 1.51. The van der Waals surface area contributed by atoms with Gasteiger partial charge in [-0.1, -0.05) is 36.4 Å². The van der Waals surface area contributed by atoms with Crippen LogP contribution in [0.2, 0.25) is 0 Å². The fourth-order valence-corrected chi connectivity index (χ4v) is 3.75. The molecule has 2 aliphatic rings. The molecule has 3 nitrogen and oxygen atoms in total. The smallest absolute Gasteiger partial charge is 0.254 e. The Morgan fingerprint density at radius 2 is 1.79 bits per heavy atom. The zero-order chi connectivity index (χ0) is 16.4. The molecule has 0 aromatic heterocycles. The summed E-state index contributed by atoms with van der Waals surface area (Å²) in [7, 11) is 0. The van der Waals surface area contributed by atoms with Gasteiger partial charge >= 0.3 is 0 Å². The standard InChI is InChI=1S/C21H23NO2/c23-21(19-11-10-16-6-4-5-9-18(16)14-19)22-12-13-24-20(15-22)17-7-2-1-3-8-17/h1-3,7-8,10-11,14,20H,4-6,9,12-13,15H2. The van der Waals surface area contributed by atoms with Crippen molar-refractivity contribution in [2.45, 2.75) is 31.8 Å². The first-order valence-electron chi connectivity index (χ1n) is 8.89. The molecule has 1 unspecified atom stereocenters. The molecule has 2 aromatic carbocycles. The molecule has 1 aliphatic heterocycles. The molecule has 0 bridgehead atoms. The van der Waals surface area contributed by atoms with Crippen molar-refractivity contribution >= 4 is 5.91 Å². The average molecular weight is 321 g/mol. The van der Waals surface area contributed by atoms with Gasteiger partial charge in [0.05, 0.1) is 13.2 Å². The van der Waals surface area contributed by atoms with E-state index in [1.54, 1.807) is 0 Å². The molecular weight excluding hydrogens is 298 g/mol. The number of hydrogen-bond acceptors (Lipinski definition) is 2. The van der Waals surface area contributed by atoms with Crippen molar-refractivity contribution < 1.29 is 9.53 Å². The maximum absolute atomic E-state index is 12.9. The summed E-state index contributed by atoms with van der Waals surface area (Å²) in [6, 6.07) is 16.4. The molecular formula is C21H23NO2. The van der Waals surface area contributed by atoms with Crippen LogP contribution in [-0.4, -0.2) is 30.5 Å². The number of aryl methyl sites for hydroxylation is 2. The van der Waals surface area contributed by atoms with Gasteiger partial charge in [0.15, 0.2) is 0 Å². The summed E-state index contributed by atoms with van der Waals surface area (Å²) in [5, 5.41) is 0. The van der Waals surface area contributed by atoms with Crippen molar-refractivity contribution in [3.05, 3.63) is 70.8 Å². The normalized spacial score (nSPS) is 20.5. The minimum atomic E-state index is -0.0264. The van der Waals surface area contributed by atoms with Crippen LogP contribution in [0.5, 0.6) is 0 Å². The molecule has 0 spiro atoms. The van der Waals surface area contributed by atoms with Crippen LogP contribution in [0.1, 0.15) is 46.0 Å². The number of morpholine rings is 1. The summed E-state index contributed by atoms with van der Waals surface area (Å²) in [5.41, 5.74) is 4.74. The predicted octanol–water partition coefficient (Wildman–Crippen LogP) is 3.78. The largest absolute Gasteiger partial charge is 0.370 e. The molecule has 1 saturated heterocycles. The number of carbonyl (C=O) groups excluding carboxylic acids is 1. The molecule has 1 heterocycles. The van der Waals surface area contributed by atoms with E-state index >= 15 is 0 Å². The first-order valence-corrected chi connectivity index (χ1v) is 8.89. The third-order valence-corrected chi connectivity index (χ3v) is 5.12. The highest BCUT2D eigenvalue weighted by Gasteiger charge is 2.26. The summed E-state index contributed by atoms with van der Waals surface area (Å²) < 4.78 is 5.88. The molecule has 0 saturated carbocycles. The number of carbonyl (C=O) groups is 1. The van der Waals surface area contributed by atoms with Crippen LogP contribution >= 0.6 is 0 Å². The summed E-state index contributed by atoms with van der Waals surface area (Å²) in [5.74, 6) is 0.132. The molecule has 1 fully saturated rings. The topological polar surface area (TPSA) is 29.5 Å².